The van der Waals surface area contributed by atoms with Gasteiger partial charge in [-0.25, -0.2) is 0 Å². The van der Waals surface area contributed by atoms with E-state index in [4.69, 9.17) is 0 Å². The molecule has 156 valence electrons. The van der Waals surface area contributed by atoms with E-state index in [1.807, 2.05) is 0 Å². The largest absolute Gasteiger partial charge is 0.295 e. The van der Waals surface area contributed by atoms with Crippen LogP contribution >= 0.6 is 0 Å². The fourth-order valence-electron chi connectivity index (χ4n) is 8.07. The minimum Gasteiger partial charge on any atom is -0.295 e. The molecule has 0 aromatic rings. The lowest BCUT2D eigenvalue weighted by atomic mass is 9.47. The van der Waals surface area contributed by atoms with Crippen LogP contribution in [0.25, 0.3) is 0 Å². The second-order valence-electron chi connectivity index (χ2n) is 11.6. The van der Waals surface area contributed by atoms with Gasteiger partial charge in [-0.3, -0.25) is 4.79 Å². The van der Waals surface area contributed by atoms with Crippen molar-refractivity contribution >= 4 is 5.78 Å². The Kier molecular flexibility index (Phi) is 5.43. The number of fused-ring (bicyclic) bond motifs is 5. The molecule has 0 aliphatic heterocycles. The van der Waals surface area contributed by atoms with Gasteiger partial charge < -0.3 is 0 Å². The molecule has 0 spiro atoms. The molecular formula is C27H42O. The highest BCUT2D eigenvalue weighted by Gasteiger charge is 2.60. The molecule has 0 amide bonds. The standard InChI is InChI=1S/C27H42O/c1-18(2)9-8-10-19(3)21-12-13-22-25-23(14-16-27(21,22)5)26(4)15-7-6-11-20(26)17-24(25)28/h6,11,17-19,21-23,25H,7-10,12-16H2,1-5H3/t19-,21-,22+,23+,25?,26+,27-/m1/s1. The number of carbonyl (C=O) groups is 1. The number of carbonyl (C=O) groups excluding carboxylic acids is 1. The Morgan fingerprint density at radius 1 is 1.04 bits per heavy atom. The molecule has 0 aromatic heterocycles. The molecule has 0 saturated heterocycles. The first-order valence-corrected chi connectivity index (χ1v) is 12.2. The number of allylic oxidation sites excluding steroid dienone is 4. The van der Waals surface area contributed by atoms with Crippen molar-refractivity contribution in [1.29, 1.82) is 0 Å². The molecular weight excluding hydrogens is 340 g/mol. The first-order chi connectivity index (χ1) is 13.3. The van der Waals surface area contributed by atoms with Gasteiger partial charge in [0.25, 0.3) is 0 Å². The topological polar surface area (TPSA) is 17.1 Å². The van der Waals surface area contributed by atoms with Crippen LogP contribution < -0.4 is 0 Å². The van der Waals surface area contributed by atoms with E-state index in [1.165, 1.54) is 63.4 Å². The number of hydrogen-bond donors (Lipinski definition) is 0. The molecule has 4 rings (SSSR count). The summed E-state index contributed by atoms with van der Waals surface area (Å²) in [6.07, 6.45) is 18.4. The summed E-state index contributed by atoms with van der Waals surface area (Å²) in [6, 6.07) is 0. The van der Waals surface area contributed by atoms with E-state index in [0.29, 0.717) is 29.0 Å². The van der Waals surface area contributed by atoms with Crippen LogP contribution in [0, 0.1) is 46.3 Å². The monoisotopic (exact) mass is 382 g/mol. The van der Waals surface area contributed by atoms with Crippen LogP contribution in [-0.2, 0) is 4.79 Å². The molecule has 4 aliphatic rings. The second-order valence-corrected chi connectivity index (χ2v) is 11.6. The van der Waals surface area contributed by atoms with E-state index in [-0.39, 0.29) is 5.41 Å². The van der Waals surface area contributed by atoms with Crippen LogP contribution in [0.4, 0.5) is 0 Å². The number of rotatable bonds is 5. The lowest BCUT2D eigenvalue weighted by molar-refractivity contribution is -0.133. The molecule has 28 heavy (non-hydrogen) atoms. The van der Waals surface area contributed by atoms with Gasteiger partial charge in [-0.1, -0.05) is 66.0 Å². The summed E-state index contributed by atoms with van der Waals surface area (Å²) in [5.74, 6) is 4.42. The first-order valence-electron chi connectivity index (χ1n) is 12.2. The maximum absolute atomic E-state index is 13.3. The van der Waals surface area contributed by atoms with Crippen molar-refractivity contribution in [1.82, 2.24) is 0 Å². The van der Waals surface area contributed by atoms with Crippen molar-refractivity contribution in [3.05, 3.63) is 23.8 Å². The summed E-state index contributed by atoms with van der Waals surface area (Å²) < 4.78 is 0. The Morgan fingerprint density at radius 2 is 1.82 bits per heavy atom. The molecule has 1 unspecified atom stereocenters. The van der Waals surface area contributed by atoms with E-state index in [1.54, 1.807) is 0 Å². The molecule has 0 heterocycles. The minimum atomic E-state index is 0.246. The van der Waals surface area contributed by atoms with Crippen molar-refractivity contribution in [2.75, 3.05) is 0 Å². The van der Waals surface area contributed by atoms with Gasteiger partial charge in [-0.15, -0.1) is 0 Å². The van der Waals surface area contributed by atoms with Crippen molar-refractivity contribution in [2.24, 2.45) is 46.3 Å². The Balaban J connectivity index is 1.55. The zero-order valence-electron chi connectivity index (χ0n) is 19.0. The molecule has 0 radical (unpaired) electrons. The van der Waals surface area contributed by atoms with Gasteiger partial charge in [0, 0.05) is 5.92 Å². The maximum atomic E-state index is 13.3. The molecule has 2 saturated carbocycles. The predicted molar refractivity (Wildman–Crippen MR) is 118 cm³/mol. The van der Waals surface area contributed by atoms with Crippen molar-refractivity contribution in [3.8, 4) is 0 Å². The SMILES string of the molecule is CC(C)CCC[C@@H](C)[C@H]1CC[C@H]2C3C(=O)C=C4C=CCC[C@]4(C)[C@H]3CC[C@]12C. The van der Waals surface area contributed by atoms with Crippen LogP contribution in [0.3, 0.4) is 0 Å². The fraction of sp³-hybridized carbons (Fsp3) is 0.815. The van der Waals surface area contributed by atoms with Crippen LogP contribution in [-0.4, -0.2) is 5.78 Å². The predicted octanol–water partition coefficient (Wildman–Crippen LogP) is 7.37. The average molecular weight is 383 g/mol. The quantitative estimate of drug-likeness (QED) is 0.485. The Bertz CT molecular complexity index is 670. The lowest BCUT2D eigenvalue weighted by Gasteiger charge is -2.56. The highest BCUT2D eigenvalue weighted by atomic mass is 16.1. The molecule has 7 atom stereocenters. The van der Waals surface area contributed by atoms with Gasteiger partial charge in [0.1, 0.15) is 0 Å². The normalized spacial score (nSPS) is 43.4. The van der Waals surface area contributed by atoms with Gasteiger partial charge in [0.15, 0.2) is 5.78 Å². The highest BCUT2D eigenvalue weighted by molar-refractivity contribution is 5.95. The molecule has 0 N–H and O–H groups in total. The first kappa shape index (κ1) is 20.4. The third kappa shape index (κ3) is 3.16. The summed E-state index contributed by atoms with van der Waals surface area (Å²) in [7, 11) is 0. The summed E-state index contributed by atoms with van der Waals surface area (Å²) in [4.78, 5) is 13.3. The summed E-state index contributed by atoms with van der Waals surface area (Å²) >= 11 is 0. The Labute approximate surface area is 173 Å². The van der Waals surface area contributed by atoms with Crippen LogP contribution in [0.2, 0.25) is 0 Å². The Hall–Kier alpha value is -0.850. The second kappa shape index (κ2) is 7.44. The third-order valence-electron chi connectivity index (χ3n) is 9.70. The summed E-state index contributed by atoms with van der Waals surface area (Å²) in [6.45, 7) is 12.2. The van der Waals surface area contributed by atoms with Gasteiger partial charge >= 0.3 is 0 Å². The van der Waals surface area contributed by atoms with Crippen molar-refractivity contribution < 1.29 is 4.79 Å². The van der Waals surface area contributed by atoms with Gasteiger partial charge in [-0.2, -0.15) is 0 Å². The summed E-state index contributed by atoms with van der Waals surface area (Å²) in [5.41, 5.74) is 1.97. The molecule has 2 fully saturated rings. The van der Waals surface area contributed by atoms with E-state index in [9.17, 15) is 4.79 Å². The van der Waals surface area contributed by atoms with E-state index >= 15 is 0 Å². The van der Waals surface area contributed by atoms with Gasteiger partial charge in [0.05, 0.1) is 0 Å². The smallest absolute Gasteiger partial charge is 0.159 e. The third-order valence-corrected chi connectivity index (χ3v) is 9.70. The fourth-order valence-corrected chi connectivity index (χ4v) is 8.07. The molecule has 0 aromatic carbocycles. The van der Waals surface area contributed by atoms with Crippen LogP contribution in [0.15, 0.2) is 23.8 Å². The van der Waals surface area contributed by atoms with Crippen molar-refractivity contribution in [2.45, 2.75) is 92.4 Å². The van der Waals surface area contributed by atoms with Crippen molar-refractivity contribution in [3.63, 3.8) is 0 Å². The van der Waals surface area contributed by atoms with E-state index in [2.05, 4.69) is 52.8 Å². The lowest BCUT2D eigenvalue weighted by Crippen LogP contribution is -2.52. The van der Waals surface area contributed by atoms with Crippen LogP contribution in [0.5, 0.6) is 0 Å². The average Bonchev–Trinajstić information content (AvgIpc) is 2.99. The molecule has 4 aliphatic carbocycles. The highest BCUT2D eigenvalue weighted by Crippen LogP contribution is 2.66. The molecule has 1 nitrogen and oxygen atoms in total. The minimum absolute atomic E-state index is 0.246. The molecule has 1 heteroatoms. The number of ketones is 1. The zero-order chi connectivity index (χ0) is 20.1. The zero-order valence-corrected chi connectivity index (χ0v) is 19.0. The maximum Gasteiger partial charge on any atom is 0.159 e. The van der Waals surface area contributed by atoms with Gasteiger partial charge in [-0.05, 0) is 90.6 Å². The van der Waals surface area contributed by atoms with E-state index < -0.39 is 0 Å². The van der Waals surface area contributed by atoms with E-state index in [0.717, 1.165) is 17.8 Å². The number of hydrogen-bond acceptors (Lipinski definition) is 1. The van der Waals surface area contributed by atoms with Crippen LogP contribution in [0.1, 0.15) is 92.4 Å². The molecule has 0 bridgehead atoms. The Morgan fingerprint density at radius 3 is 2.57 bits per heavy atom. The summed E-state index contributed by atoms with van der Waals surface area (Å²) in [5, 5.41) is 0. The van der Waals surface area contributed by atoms with Gasteiger partial charge in [0.2, 0.25) is 0 Å².